The van der Waals surface area contributed by atoms with E-state index < -0.39 is 0 Å². The van der Waals surface area contributed by atoms with Crippen molar-refractivity contribution in [3.05, 3.63) is 0 Å². The molecule has 0 N–H and O–H groups in total. The monoisotopic (exact) mass is 242 g/mol. The molecule has 0 spiro atoms. The van der Waals surface area contributed by atoms with Crippen LogP contribution in [-0.4, -0.2) is 18.9 Å². The van der Waals surface area contributed by atoms with Crippen LogP contribution in [0, 0.1) is 11.3 Å². The minimum absolute atomic E-state index is 0.0296. The quantitative estimate of drug-likeness (QED) is 0.708. The first kappa shape index (κ1) is 14.5. The van der Waals surface area contributed by atoms with Crippen LogP contribution in [0.3, 0.4) is 0 Å². The average molecular weight is 242 g/mol. The van der Waals surface area contributed by atoms with Crippen LogP contribution in [-0.2, 0) is 14.3 Å². The molecule has 2 unspecified atom stereocenters. The van der Waals surface area contributed by atoms with E-state index in [-0.39, 0.29) is 23.6 Å². The van der Waals surface area contributed by atoms with E-state index in [4.69, 9.17) is 9.47 Å². The van der Waals surface area contributed by atoms with Gasteiger partial charge in [-0.1, -0.05) is 34.1 Å². The van der Waals surface area contributed by atoms with Crippen LogP contribution in [0.4, 0.5) is 0 Å². The van der Waals surface area contributed by atoms with Crippen molar-refractivity contribution < 1.29 is 14.3 Å². The molecule has 1 aliphatic rings. The lowest BCUT2D eigenvalue weighted by atomic mass is 9.78. The van der Waals surface area contributed by atoms with Gasteiger partial charge in [0.1, 0.15) is 0 Å². The molecule has 1 fully saturated rings. The molecule has 100 valence electrons. The highest BCUT2D eigenvalue weighted by Crippen LogP contribution is 2.31. The summed E-state index contributed by atoms with van der Waals surface area (Å²) in [5, 5.41) is 0. The molecular formula is C14H26O3. The molecule has 17 heavy (non-hydrogen) atoms. The summed E-state index contributed by atoms with van der Waals surface area (Å²) in [6, 6.07) is 0. The van der Waals surface area contributed by atoms with E-state index >= 15 is 0 Å². The van der Waals surface area contributed by atoms with E-state index in [9.17, 15) is 4.79 Å². The lowest BCUT2D eigenvalue weighted by Gasteiger charge is -2.31. The van der Waals surface area contributed by atoms with E-state index in [1.165, 1.54) is 0 Å². The van der Waals surface area contributed by atoms with Crippen LogP contribution in [0.2, 0.25) is 0 Å². The van der Waals surface area contributed by atoms with Crippen molar-refractivity contribution in [3.8, 4) is 0 Å². The van der Waals surface area contributed by atoms with E-state index in [1.54, 1.807) is 0 Å². The van der Waals surface area contributed by atoms with Gasteiger partial charge in [0, 0.05) is 6.42 Å². The maximum Gasteiger partial charge on any atom is 0.311 e. The smallest absolute Gasteiger partial charge is 0.311 e. The number of carbonyl (C=O) groups is 1. The predicted octanol–water partition coefficient (Wildman–Crippen LogP) is 3.52. The molecule has 0 saturated carbocycles. The van der Waals surface area contributed by atoms with Crippen molar-refractivity contribution >= 4 is 5.97 Å². The molecule has 0 amide bonds. The highest BCUT2D eigenvalue weighted by molar-refractivity contribution is 5.73. The summed E-state index contributed by atoms with van der Waals surface area (Å²) >= 11 is 0. The van der Waals surface area contributed by atoms with Gasteiger partial charge in [0.25, 0.3) is 0 Å². The average Bonchev–Trinajstić information content (AvgIpc) is 2.25. The number of rotatable bonds is 4. The van der Waals surface area contributed by atoms with Gasteiger partial charge in [-0.25, -0.2) is 0 Å². The first-order chi connectivity index (χ1) is 7.95. The molecule has 0 aromatic rings. The molecule has 0 aliphatic carbocycles. The summed E-state index contributed by atoms with van der Waals surface area (Å²) in [5.74, 6) is -0.121. The van der Waals surface area contributed by atoms with E-state index in [0.717, 1.165) is 32.1 Å². The number of hydrogen-bond donors (Lipinski definition) is 0. The molecule has 2 atom stereocenters. The standard InChI is InChI=1S/C14H26O3/c1-5-8-11(14(2,3)4)13(15)17-12-9-6-7-10-16-12/h11-12H,5-10H2,1-4H3. The molecule has 1 rings (SSSR count). The Labute approximate surface area is 105 Å². The molecule has 1 saturated heterocycles. The van der Waals surface area contributed by atoms with Gasteiger partial charge < -0.3 is 9.47 Å². The zero-order valence-electron chi connectivity index (χ0n) is 11.6. The van der Waals surface area contributed by atoms with Crippen molar-refractivity contribution in [1.29, 1.82) is 0 Å². The summed E-state index contributed by atoms with van der Waals surface area (Å²) in [5.41, 5.74) is -0.0399. The van der Waals surface area contributed by atoms with Crippen molar-refractivity contribution in [2.75, 3.05) is 6.61 Å². The molecule has 1 aliphatic heterocycles. The van der Waals surface area contributed by atoms with Crippen molar-refractivity contribution in [2.24, 2.45) is 11.3 Å². The van der Waals surface area contributed by atoms with E-state index in [0.29, 0.717) is 6.61 Å². The largest absolute Gasteiger partial charge is 0.436 e. The van der Waals surface area contributed by atoms with Gasteiger partial charge in [-0.15, -0.1) is 0 Å². The number of carbonyl (C=O) groups excluding carboxylic acids is 1. The second kappa shape index (κ2) is 6.39. The summed E-state index contributed by atoms with van der Waals surface area (Å²) in [4.78, 5) is 12.1. The molecule has 3 nitrogen and oxygen atoms in total. The SMILES string of the molecule is CCCC(C(=O)OC1CCCCO1)C(C)(C)C. The van der Waals surface area contributed by atoms with Gasteiger partial charge in [-0.2, -0.15) is 0 Å². The Kier molecular flexibility index (Phi) is 5.44. The number of esters is 1. The lowest BCUT2D eigenvalue weighted by molar-refractivity contribution is -0.194. The van der Waals surface area contributed by atoms with Crippen molar-refractivity contribution in [1.82, 2.24) is 0 Å². The Morgan fingerprint density at radius 2 is 2.12 bits per heavy atom. The summed E-state index contributed by atoms with van der Waals surface area (Å²) in [6.07, 6.45) is 4.59. The van der Waals surface area contributed by atoms with Gasteiger partial charge >= 0.3 is 5.97 Å². The van der Waals surface area contributed by atoms with E-state index in [2.05, 4.69) is 27.7 Å². The summed E-state index contributed by atoms with van der Waals surface area (Å²) in [6.45, 7) is 9.10. The Balaban J connectivity index is 2.52. The Hall–Kier alpha value is -0.570. The predicted molar refractivity (Wildman–Crippen MR) is 67.5 cm³/mol. The van der Waals surface area contributed by atoms with Gasteiger partial charge in [-0.3, -0.25) is 4.79 Å². The van der Waals surface area contributed by atoms with E-state index in [1.807, 2.05) is 0 Å². The Morgan fingerprint density at radius 1 is 1.41 bits per heavy atom. The summed E-state index contributed by atoms with van der Waals surface area (Å²) in [7, 11) is 0. The maximum atomic E-state index is 12.1. The molecule has 0 radical (unpaired) electrons. The topological polar surface area (TPSA) is 35.5 Å². The molecule has 3 heteroatoms. The van der Waals surface area contributed by atoms with Gasteiger partial charge in [0.15, 0.2) is 0 Å². The first-order valence-corrected chi connectivity index (χ1v) is 6.77. The minimum Gasteiger partial charge on any atom is -0.436 e. The normalized spacial score (nSPS) is 23.2. The fourth-order valence-corrected chi connectivity index (χ4v) is 2.21. The van der Waals surface area contributed by atoms with Gasteiger partial charge in [0.2, 0.25) is 6.29 Å². The summed E-state index contributed by atoms with van der Waals surface area (Å²) < 4.78 is 10.9. The lowest BCUT2D eigenvalue weighted by Crippen LogP contribution is -2.34. The van der Waals surface area contributed by atoms with Crippen molar-refractivity contribution in [3.63, 3.8) is 0 Å². The maximum absolute atomic E-state index is 12.1. The van der Waals surface area contributed by atoms with Crippen LogP contribution in [0.25, 0.3) is 0 Å². The molecule has 1 heterocycles. The molecular weight excluding hydrogens is 216 g/mol. The van der Waals surface area contributed by atoms with Crippen LogP contribution in [0.5, 0.6) is 0 Å². The van der Waals surface area contributed by atoms with Crippen LogP contribution >= 0.6 is 0 Å². The third kappa shape index (κ3) is 4.66. The highest BCUT2D eigenvalue weighted by atomic mass is 16.7. The fourth-order valence-electron chi connectivity index (χ4n) is 2.21. The fraction of sp³-hybridized carbons (Fsp3) is 0.929. The zero-order valence-corrected chi connectivity index (χ0v) is 11.6. The molecule has 0 aromatic heterocycles. The van der Waals surface area contributed by atoms with Gasteiger partial charge in [0.05, 0.1) is 12.5 Å². The third-order valence-corrected chi connectivity index (χ3v) is 3.29. The second-order valence-corrected chi connectivity index (χ2v) is 5.94. The second-order valence-electron chi connectivity index (χ2n) is 5.94. The van der Waals surface area contributed by atoms with Crippen LogP contribution in [0.1, 0.15) is 59.8 Å². The van der Waals surface area contributed by atoms with Crippen LogP contribution in [0.15, 0.2) is 0 Å². The Bertz CT molecular complexity index is 236. The van der Waals surface area contributed by atoms with Gasteiger partial charge in [-0.05, 0) is 24.7 Å². The number of ether oxygens (including phenoxy) is 2. The third-order valence-electron chi connectivity index (χ3n) is 3.29. The van der Waals surface area contributed by atoms with Crippen LogP contribution < -0.4 is 0 Å². The highest BCUT2D eigenvalue weighted by Gasteiger charge is 2.33. The Morgan fingerprint density at radius 3 is 2.59 bits per heavy atom. The number of hydrogen-bond acceptors (Lipinski definition) is 3. The van der Waals surface area contributed by atoms with Crippen molar-refractivity contribution in [2.45, 2.75) is 66.1 Å². The molecule has 0 bridgehead atoms. The molecule has 0 aromatic carbocycles. The first-order valence-electron chi connectivity index (χ1n) is 6.77. The zero-order chi connectivity index (χ0) is 12.9. The minimum atomic E-state index is -0.307.